The van der Waals surface area contributed by atoms with Crippen molar-refractivity contribution in [3.05, 3.63) is 53.0 Å². The SMILES string of the molecule is Cc1c(-c2[nH]c3ccc(C4CCN(CC(=O)N(C)C)CC4)cc3c2C(C)C)cn2cnnc2c1C. The summed E-state index contributed by atoms with van der Waals surface area (Å²) in [5.74, 6) is 1.09. The molecule has 5 rings (SSSR count). The van der Waals surface area contributed by atoms with Crippen molar-refractivity contribution in [3.63, 3.8) is 0 Å². The van der Waals surface area contributed by atoms with E-state index in [0.29, 0.717) is 18.4 Å². The highest BCUT2D eigenvalue weighted by Crippen LogP contribution is 2.39. The lowest BCUT2D eigenvalue weighted by molar-refractivity contribution is -0.130. The largest absolute Gasteiger partial charge is 0.354 e. The summed E-state index contributed by atoms with van der Waals surface area (Å²) in [4.78, 5) is 19.8. The number of amides is 1. The van der Waals surface area contributed by atoms with Crippen molar-refractivity contribution in [1.29, 1.82) is 0 Å². The van der Waals surface area contributed by atoms with E-state index >= 15 is 0 Å². The second kappa shape index (κ2) is 9.11. The number of pyridine rings is 1. The lowest BCUT2D eigenvalue weighted by Crippen LogP contribution is -2.40. The van der Waals surface area contributed by atoms with Crippen LogP contribution in [0.25, 0.3) is 27.8 Å². The molecule has 184 valence electrons. The number of aryl methyl sites for hydroxylation is 1. The Morgan fingerprint density at radius 2 is 1.91 bits per heavy atom. The van der Waals surface area contributed by atoms with Crippen LogP contribution in [0.4, 0.5) is 0 Å². The van der Waals surface area contributed by atoms with Crippen LogP contribution >= 0.6 is 0 Å². The van der Waals surface area contributed by atoms with E-state index in [4.69, 9.17) is 0 Å². The maximum Gasteiger partial charge on any atom is 0.236 e. The third kappa shape index (κ3) is 4.22. The van der Waals surface area contributed by atoms with E-state index in [0.717, 1.165) is 37.1 Å². The third-order valence-electron chi connectivity index (χ3n) is 7.77. The van der Waals surface area contributed by atoms with Crippen molar-refractivity contribution in [2.24, 2.45) is 0 Å². The van der Waals surface area contributed by atoms with Crippen molar-refractivity contribution in [2.45, 2.75) is 52.4 Å². The average Bonchev–Trinajstić information content (AvgIpc) is 3.46. The van der Waals surface area contributed by atoms with Gasteiger partial charge >= 0.3 is 0 Å². The number of fused-ring (bicyclic) bond motifs is 2. The maximum absolute atomic E-state index is 12.1. The van der Waals surface area contributed by atoms with Crippen LogP contribution in [0, 0.1) is 13.8 Å². The van der Waals surface area contributed by atoms with Crippen LogP contribution in [0.15, 0.2) is 30.7 Å². The molecule has 1 aliphatic rings. The van der Waals surface area contributed by atoms with Gasteiger partial charge in [-0.05, 0) is 86.0 Å². The molecule has 0 spiro atoms. The molecular formula is C28H36N6O. The fourth-order valence-corrected chi connectivity index (χ4v) is 5.52. The summed E-state index contributed by atoms with van der Waals surface area (Å²) in [6.07, 6.45) is 6.10. The molecular weight excluding hydrogens is 436 g/mol. The van der Waals surface area contributed by atoms with Crippen LogP contribution in [0.5, 0.6) is 0 Å². The number of carbonyl (C=O) groups is 1. The molecule has 1 saturated heterocycles. The summed E-state index contributed by atoms with van der Waals surface area (Å²) in [5, 5.41) is 9.71. The molecule has 0 aliphatic carbocycles. The van der Waals surface area contributed by atoms with Gasteiger partial charge in [0.15, 0.2) is 5.65 Å². The van der Waals surface area contributed by atoms with Crippen molar-refractivity contribution >= 4 is 22.5 Å². The van der Waals surface area contributed by atoms with Gasteiger partial charge in [-0.2, -0.15) is 0 Å². The van der Waals surface area contributed by atoms with E-state index in [1.807, 2.05) is 18.5 Å². The number of H-pyrrole nitrogens is 1. The van der Waals surface area contributed by atoms with Gasteiger partial charge in [-0.1, -0.05) is 19.9 Å². The molecule has 1 amide bonds. The van der Waals surface area contributed by atoms with Crippen LogP contribution in [0.2, 0.25) is 0 Å². The molecule has 1 aliphatic heterocycles. The molecule has 1 aromatic carbocycles. The highest BCUT2D eigenvalue weighted by molar-refractivity contribution is 5.92. The van der Waals surface area contributed by atoms with E-state index < -0.39 is 0 Å². The number of rotatable bonds is 5. The van der Waals surface area contributed by atoms with Crippen LogP contribution < -0.4 is 0 Å². The number of carbonyl (C=O) groups excluding carboxylic acids is 1. The molecule has 35 heavy (non-hydrogen) atoms. The molecule has 0 radical (unpaired) electrons. The number of hydrogen-bond donors (Lipinski definition) is 1. The molecule has 0 saturated carbocycles. The molecule has 0 bridgehead atoms. The second-order valence-electron chi connectivity index (χ2n) is 10.6. The van der Waals surface area contributed by atoms with E-state index in [1.54, 1.807) is 11.2 Å². The lowest BCUT2D eigenvalue weighted by atomic mass is 9.87. The predicted molar refractivity (Wildman–Crippen MR) is 141 cm³/mol. The van der Waals surface area contributed by atoms with Gasteiger partial charge in [0, 0.05) is 36.8 Å². The van der Waals surface area contributed by atoms with Gasteiger partial charge in [-0.15, -0.1) is 10.2 Å². The van der Waals surface area contributed by atoms with E-state index in [-0.39, 0.29) is 5.91 Å². The summed E-state index contributed by atoms with van der Waals surface area (Å²) < 4.78 is 2.02. The number of hydrogen-bond acceptors (Lipinski definition) is 4. The minimum atomic E-state index is 0.182. The van der Waals surface area contributed by atoms with E-state index in [9.17, 15) is 4.79 Å². The number of aromatic amines is 1. The number of nitrogens with one attached hydrogen (secondary N) is 1. The van der Waals surface area contributed by atoms with Crippen LogP contribution in [-0.4, -0.2) is 69.0 Å². The van der Waals surface area contributed by atoms with Crippen LogP contribution in [0.1, 0.15) is 60.8 Å². The highest BCUT2D eigenvalue weighted by atomic mass is 16.2. The van der Waals surface area contributed by atoms with Gasteiger partial charge in [0.1, 0.15) is 6.33 Å². The Labute approximate surface area is 207 Å². The monoisotopic (exact) mass is 472 g/mol. The quantitative estimate of drug-likeness (QED) is 0.449. The summed E-state index contributed by atoms with van der Waals surface area (Å²) in [6, 6.07) is 6.95. The molecule has 3 aromatic heterocycles. The van der Waals surface area contributed by atoms with Crippen LogP contribution in [0.3, 0.4) is 0 Å². The Balaban J connectivity index is 1.49. The number of likely N-dealkylation sites (N-methyl/N-ethyl adjacent to an activating group) is 1. The fourth-order valence-electron chi connectivity index (χ4n) is 5.52. The molecule has 0 atom stereocenters. The zero-order valence-electron chi connectivity index (χ0n) is 21.7. The topological polar surface area (TPSA) is 69.5 Å². The molecule has 7 nitrogen and oxygen atoms in total. The lowest BCUT2D eigenvalue weighted by Gasteiger charge is -2.32. The van der Waals surface area contributed by atoms with Gasteiger partial charge in [-0.25, -0.2) is 0 Å². The Kier molecular flexibility index (Phi) is 6.13. The molecule has 0 unspecified atom stereocenters. The summed E-state index contributed by atoms with van der Waals surface area (Å²) in [6.45, 7) is 11.3. The zero-order valence-corrected chi connectivity index (χ0v) is 21.7. The first-order valence-electron chi connectivity index (χ1n) is 12.6. The molecule has 1 N–H and O–H groups in total. The van der Waals surface area contributed by atoms with E-state index in [1.165, 1.54) is 38.9 Å². The number of piperidine rings is 1. The minimum absolute atomic E-state index is 0.182. The summed E-state index contributed by atoms with van der Waals surface area (Å²) in [5.41, 5.74) is 9.66. The number of nitrogens with zero attached hydrogens (tertiary/aromatic N) is 5. The van der Waals surface area contributed by atoms with Crippen LogP contribution in [-0.2, 0) is 4.79 Å². The molecule has 4 heterocycles. The third-order valence-corrected chi connectivity index (χ3v) is 7.77. The van der Waals surface area contributed by atoms with Gasteiger partial charge in [0.2, 0.25) is 5.91 Å². The summed E-state index contributed by atoms with van der Waals surface area (Å²) >= 11 is 0. The van der Waals surface area contributed by atoms with Gasteiger partial charge in [0.05, 0.1) is 12.2 Å². The van der Waals surface area contributed by atoms with E-state index in [2.05, 4.69) is 72.2 Å². The number of benzene rings is 1. The van der Waals surface area contributed by atoms with Crippen molar-refractivity contribution in [1.82, 2.24) is 29.4 Å². The Morgan fingerprint density at radius 1 is 1.17 bits per heavy atom. The van der Waals surface area contributed by atoms with Crippen molar-refractivity contribution in [3.8, 4) is 11.3 Å². The molecule has 1 fully saturated rings. The number of aromatic nitrogens is 4. The van der Waals surface area contributed by atoms with Crippen molar-refractivity contribution < 1.29 is 4.79 Å². The Morgan fingerprint density at radius 3 is 2.60 bits per heavy atom. The molecule has 7 heteroatoms. The summed E-state index contributed by atoms with van der Waals surface area (Å²) in [7, 11) is 3.66. The first-order chi connectivity index (χ1) is 16.7. The van der Waals surface area contributed by atoms with Crippen molar-refractivity contribution in [2.75, 3.05) is 33.7 Å². The second-order valence-corrected chi connectivity index (χ2v) is 10.6. The fraction of sp³-hybridized carbons (Fsp3) is 0.464. The van der Waals surface area contributed by atoms with Gasteiger partial charge in [0.25, 0.3) is 0 Å². The average molecular weight is 473 g/mol. The number of likely N-dealkylation sites (tertiary alicyclic amines) is 1. The standard InChI is InChI=1S/C28H36N6O/c1-17(2)26-22-13-21(20-9-11-33(12-10-20)15-25(35)32(5)6)7-8-24(22)30-27(26)23-14-34-16-29-31-28(34)19(4)18(23)3/h7-8,13-14,16-17,20,30H,9-12,15H2,1-6H3. The first kappa shape index (κ1) is 23.5. The molecule has 4 aromatic rings. The van der Waals surface area contributed by atoms with Gasteiger partial charge in [-0.3, -0.25) is 14.1 Å². The Bertz CT molecular complexity index is 1390. The Hall–Kier alpha value is -3.19. The highest BCUT2D eigenvalue weighted by Gasteiger charge is 2.25. The van der Waals surface area contributed by atoms with Gasteiger partial charge < -0.3 is 9.88 Å². The normalized spacial score (nSPS) is 15.5. The predicted octanol–water partition coefficient (Wildman–Crippen LogP) is 4.89. The minimum Gasteiger partial charge on any atom is -0.354 e. The maximum atomic E-state index is 12.1. The first-order valence-corrected chi connectivity index (χ1v) is 12.6. The smallest absolute Gasteiger partial charge is 0.236 e. The zero-order chi connectivity index (χ0) is 24.9.